The summed E-state index contributed by atoms with van der Waals surface area (Å²) < 4.78 is 1.09. The summed E-state index contributed by atoms with van der Waals surface area (Å²) in [7, 11) is 1.90. The molecule has 0 unspecified atom stereocenters. The zero-order valence-electron chi connectivity index (χ0n) is 11.1. The largest absolute Gasteiger partial charge is 0.356 e. The van der Waals surface area contributed by atoms with E-state index in [0.717, 1.165) is 23.9 Å². The van der Waals surface area contributed by atoms with Gasteiger partial charge in [-0.25, -0.2) is 0 Å². The molecule has 100 valence electrons. The van der Waals surface area contributed by atoms with Crippen molar-refractivity contribution >= 4 is 21.8 Å². The van der Waals surface area contributed by atoms with Crippen LogP contribution in [0.25, 0.3) is 0 Å². The molecule has 0 heterocycles. The Labute approximate surface area is 117 Å². The summed E-state index contributed by atoms with van der Waals surface area (Å²) in [6, 6.07) is 6.24. The van der Waals surface area contributed by atoms with E-state index < -0.39 is 0 Å². The fraction of sp³-hybridized carbons (Fsp3) is 0.500. The van der Waals surface area contributed by atoms with Crippen molar-refractivity contribution in [3.8, 4) is 0 Å². The van der Waals surface area contributed by atoms with Gasteiger partial charge in [0.05, 0.1) is 0 Å². The Morgan fingerprint density at radius 2 is 2.11 bits per heavy atom. The average molecular weight is 313 g/mol. The van der Waals surface area contributed by atoms with Crippen LogP contribution in [0.4, 0.5) is 0 Å². The second-order valence-electron chi connectivity index (χ2n) is 4.38. The highest BCUT2D eigenvalue weighted by Crippen LogP contribution is 2.16. The third-order valence-electron chi connectivity index (χ3n) is 2.86. The summed E-state index contributed by atoms with van der Waals surface area (Å²) >= 11 is 3.46. The van der Waals surface area contributed by atoms with E-state index >= 15 is 0 Å². The van der Waals surface area contributed by atoms with Crippen LogP contribution in [0.3, 0.4) is 0 Å². The first-order chi connectivity index (χ1) is 8.63. The van der Waals surface area contributed by atoms with E-state index in [9.17, 15) is 4.79 Å². The van der Waals surface area contributed by atoms with E-state index in [1.165, 1.54) is 11.1 Å². The van der Waals surface area contributed by atoms with Crippen molar-refractivity contribution in [2.45, 2.75) is 26.2 Å². The summed E-state index contributed by atoms with van der Waals surface area (Å²) in [5.41, 5.74) is 2.54. The molecule has 4 heteroatoms. The third-order valence-corrected chi connectivity index (χ3v) is 3.35. The number of hydrogen-bond donors (Lipinski definition) is 2. The van der Waals surface area contributed by atoms with E-state index in [4.69, 9.17) is 0 Å². The average Bonchev–Trinajstić information content (AvgIpc) is 2.34. The summed E-state index contributed by atoms with van der Waals surface area (Å²) in [6.45, 7) is 3.68. The predicted octanol–water partition coefficient (Wildman–Crippen LogP) is 2.42. The molecule has 0 bridgehead atoms. The van der Waals surface area contributed by atoms with Crippen LogP contribution in [0.15, 0.2) is 22.7 Å². The first-order valence-corrected chi connectivity index (χ1v) is 7.09. The Bertz CT molecular complexity index is 393. The van der Waals surface area contributed by atoms with Gasteiger partial charge in [0.1, 0.15) is 0 Å². The number of amides is 1. The number of hydrogen-bond acceptors (Lipinski definition) is 2. The molecule has 0 saturated heterocycles. The fourth-order valence-electron chi connectivity index (χ4n) is 1.76. The number of aryl methyl sites for hydroxylation is 1. The van der Waals surface area contributed by atoms with Crippen LogP contribution in [0, 0.1) is 6.92 Å². The van der Waals surface area contributed by atoms with Crippen LogP contribution in [0.5, 0.6) is 0 Å². The first kappa shape index (κ1) is 15.2. The molecule has 0 atom stereocenters. The molecule has 0 spiro atoms. The Balaban J connectivity index is 2.28. The standard InChI is InChI=1S/C14H21BrN2O/c1-11-5-6-13(15)10-12(11)7-9-17-14(18)4-3-8-16-2/h5-6,10,16H,3-4,7-9H2,1-2H3,(H,17,18). The van der Waals surface area contributed by atoms with Crippen LogP contribution in [-0.4, -0.2) is 26.0 Å². The smallest absolute Gasteiger partial charge is 0.220 e. The number of halogens is 1. The van der Waals surface area contributed by atoms with Gasteiger partial charge in [0.2, 0.25) is 5.91 Å². The van der Waals surface area contributed by atoms with E-state index in [2.05, 4.69) is 45.6 Å². The number of carbonyl (C=O) groups is 1. The van der Waals surface area contributed by atoms with Gasteiger partial charge in [-0.1, -0.05) is 22.0 Å². The topological polar surface area (TPSA) is 41.1 Å². The zero-order chi connectivity index (χ0) is 13.4. The Kier molecular flexibility index (Phi) is 6.98. The summed E-state index contributed by atoms with van der Waals surface area (Å²) in [4.78, 5) is 11.5. The van der Waals surface area contributed by atoms with Gasteiger partial charge in [-0.15, -0.1) is 0 Å². The van der Waals surface area contributed by atoms with Gasteiger partial charge in [0.15, 0.2) is 0 Å². The van der Waals surface area contributed by atoms with Crippen LogP contribution < -0.4 is 10.6 Å². The van der Waals surface area contributed by atoms with Gasteiger partial charge < -0.3 is 10.6 Å². The van der Waals surface area contributed by atoms with Crippen LogP contribution in [-0.2, 0) is 11.2 Å². The number of benzene rings is 1. The summed E-state index contributed by atoms with van der Waals surface area (Å²) in [5.74, 6) is 0.137. The molecular formula is C14H21BrN2O. The minimum Gasteiger partial charge on any atom is -0.356 e. The lowest BCUT2D eigenvalue weighted by Crippen LogP contribution is -2.26. The Hall–Kier alpha value is -0.870. The number of nitrogens with one attached hydrogen (secondary N) is 2. The third kappa shape index (κ3) is 5.65. The molecule has 0 aliphatic rings. The van der Waals surface area contributed by atoms with Crippen molar-refractivity contribution < 1.29 is 4.79 Å². The molecule has 3 nitrogen and oxygen atoms in total. The van der Waals surface area contributed by atoms with Crippen molar-refractivity contribution in [2.24, 2.45) is 0 Å². The van der Waals surface area contributed by atoms with Gasteiger partial charge in [0, 0.05) is 17.4 Å². The summed E-state index contributed by atoms with van der Waals surface area (Å²) in [5, 5.41) is 5.99. The van der Waals surface area contributed by atoms with E-state index in [0.29, 0.717) is 13.0 Å². The molecule has 18 heavy (non-hydrogen) atoms. The molecule has 1 rings (SSSR count). The van der Waals surface area contributed by atoms with Crippen LogP contribution in [0.1, 0.15) is 24.0 Å². The molecule has 0 aliphatic carbocycles. The molecule has 0 radical (unpaired) electrons. The second kappa shape index (κ2) is 8.27. The van der Waals surface area contributed by atoms with E-state index in [-0.39, 0.29) is 5.91 Å². The van der Waals surface area contributed by atoms with Crippen molar-refractivity contribution in [3.63, 3.8) is 0 Å². The number of carbonyl (C=O) groups excluding carboxylic acids is 1. The minimum absolute atomic E-state index is 0.137. The maximum atomic E-state index is 11.5. The normalized spacial score (nSPS) is 10.4. The SMILES string of the molecule is CNCCCC(=O)NCCc1cc(Br)ccc1C. The van der Waals surface area contributed by atoms with Crippen LogP contribution >= 0.6 is 15.9 Å². The molecule has 0 aromatic heterocycles. The molecule has 0 saturated carbocycles. The fourth-order valence-corrected chi connectivity index (χ4v) is 2.17. The number of rotatable bonds is 7. The van der Waals surface area contributed by atoms with Gasteiger partial charge in [0.25, 0.3) is 0 Å². The highest BCUT2D eigenvalue weighted by Gasteiger charge is 2.02. The highest BCUT2D eigenvalue weighted by molar-refractivity contribution is 9.10. The quantitative estimate of drug-likeness (QED) is 0.759. The molecule has 0 fully saturated rings. The first-order valence-electron chi connectivity index (χ1n) is 6.30. The minimum atomic E-state index is 0.137. The lowest BCUT2D eigenvalue weighted by Gasteiger charge is -2.08. The maximum Gasteiger partial charge on any atom is 0.220 e. The second-order valence-corrected chi connectivity index (χ2v) is 5.29. The Morgan fingerprint density at radius 3 is 2.83 bits per heavy atom. The maximum absolute atomic E-state index is 11.5. The van der Waals surface area contributed by atoms with E-state index in [1.807, 2.05) is 13.1 Å². The Morgan fingerprint density at radius 1 is 1.33 bits per heavy atom. The molecule has 1 amide bonds. The zero-order valence-corrected chi connectivity index (χ0v) is 12.6. The van der Waals surface area contributed by atoms with Crippen molar-refractivity contribution in [1.29, 1.82) is 0 Å². The van der Waals surface area contributed by atoms with Crippen molar-refractivity contribution in [2.75, 3.05) is 20.1 Å². The lowest BCUT2D eigenvalue weighted by molar-refractivity contribution is -0.121. The highest BCUT2D eigenvalue weighted by atomic mass is 79.9. The predicted molar refractivity (Wildman–Crippen MR) is 78.8 cm³/mol. The van der Waals surface area contributed by atoms with E-state index in [1.54, 1.807) is 0 Å². The van der Waals surface area contributed by atoms with Gasteiger partial charge >= 0.3 is 0 Å². The van der Waals surface area contributed by atoms with Gasteiger partial charge in [-0.05, 0) is 56.6 Å². The molecule has 0 aliphatic heterocycles. The van der Waals surface area contributed by atoms with Gasteiger partial charge in [-0.3, -0.25) is 4.79 Å². The van der Waals surface area contributed by atoms with Gasteiger partial charge in [-0.2, -0.15) is 0 Å². The molecular weight excluding hydrogens is 292 g/mol. The summed E-state index contributed by atoms with van der Waals surface area (Å²) in [6.07, 6.45) is 2.36. The van der Waals surface area contributed by atoms with Crippen molar-refractivity contribution in [3.05, 3.63) is 33.8 Å². The molecule has 2 N–H and O–H groups in total. The van der Waals surface area contributed by atoms with Crippen LogP contribution in [0.2, 0.25) is 0 Å². The molecule has 1 aromatic carbocycles. The monoisotopic (exact) mass is 312 g/mol. The van der Waals surface area contributed by atoms with Crippen molar-refractivity contribution in [1.82, 2.24) is 10.6 Å². The lowest BCUT2D eigenvalue weighted by atomic mass is 10.1. The molecule has 1 aromatic rings.